The van der Waals surface area contributed by atoms with Crippen molar-refractivity contribution in [3.05, 3.63) is 24.3 Å². The van der Waals surface area contributed by atoms with Crippen molar-refractivity contribution < 1.29 is 4.79 Å². The van der Waals surface area contributed by atoms with Crippen molar-refractivity contribution in [1.29, 1.82) is 0 Å². The molecule has 3 nitrogen and oxygen atoms in total. The van der Waals surface area contributed by atoms with Crippen molar-refractivity contribution >= 4 is 23.5 Å². The minimum atomic E-state index is -0.135. The highest BCUT2D eigenvalue weighted by Gasteiger charge is 2.06. The molecule has 0 aromatic heterocycles. The van der Waals surface area contributed by atoms with Crippen LogP contribution in [0.25, 0.3) is 0 Å². The molecule has 0 fully saturated rings. The lowest BCUT2D eigenvalue weighted by Crippen LogP contribution is -2.35. The Morgan fingerprint density at radius 3 is 2.88 bits per heavy atom. The Bertz CT molecular complexity index is 368. The molecule has 17 heavy (non-hydrogen) atoms. The molecule has 2 N–H and O–H groups in total. The van der Waals surface area contributed by atoms with Crippen molar-refractivity contribution in [3.63, 3.8) is 0 Å². The highest BCUT2D eigenvalue weighted by Crippen LogP contribution is 2.18. The number of rotatable bonds is 5. The maximum absolute atomic E-state index is 11.7. The van der Waals surface area contributed by atoms with E-state index in [2.05, 4.69) is 17.6 Å². The number of anilines is 1. The summed E-state index contributed by atoms with van der Waals surface area (Å²) in [6, 6.07) is 7.90. The summed E-state index contributed by atoms with van der Waals surface area (Å²) in [7, 11) is 0. The zero-order valence-electron chi connectivity index (χ0n) is 10.6. The first kappa shape index (κ1) is 13.9. The lowest BCUT2D eigenvalue weighted by atomic mass is 10.2. The second kappa shape index (κ2) is 7.22. The maximum Gasteiger partial charge on any atom is 0.319 e. The number of thioether (sulfide) groups is 1. The van der Waals surface area contributed by atoms with E-state index in [9.17, 15) is 4.79 Å². The van der Waals surface area contributed by atoms with E-state index in [1.165, 1.54) is 0 Å². The van der Waals surface area contributed by atoms with Gasteiger partial charge in [0.1, 0.15) is 0 Å². The standard InChI is InChI=1S/C13H20N2OS/c1-4-6-10(2)14-13(16)15-11-7-5-8-12(9-11)17-3/h5,7-10H,4,6H2,1-3H3,(H2,14,15,16). The van der Waals surface area contributed by atoms with Crippen LogP contribution >= 0.6 is 11.8 Å². The Balaban J connectivity index is 2.49. The summed E-state index contributed by atoms with van der Waals surface area (Å²) in [6.07, 6.45) is 4.09. The van der Waals surface area contributed by atoms with E-state index in [4.69, 9.17) is 0 Å². The Kier molecular flexibility index (Phi) is 5.91. The van der Waals surface area contributed by atoms with Gasteiger partial charge in [0.05, 0.1) is 0 Å². The van der Waals surface area contributed by atoms with Crippen molar-refractivity contribution in [1.82, 2.24) is 5.32 Å². The molecule has 4 heteroatoms. The second-order valence-corrected chi connectivity index (χ2v) is 4.90. The average Bonchev–Trinajstić information content (AvgIpc) is 2.29. The normalized spacial score (nSPS) is 11.9. The monoisotopic (exact) mass is 252 g/mol. The number of hydrogen-bond donors (Lipinski definition) is 2. The molecular formula is C13H20N2OS. The summed E-state index contributed by atoms with van der Waals surface area (Å²) in [5, 5.41) is 5.75. The van der Waals surface area contributed by atoms with Crippen LogP contribution in [0.15, 0.2) is 29.2 Å². The van der Waals surface area contributed by atoms with Gasteiger partial charge in [-0.15, -0.1) is 11.8 Å². The highest BCUT2D eigenvalue weighted by molar-refractivity contribution is 7.98. The Labute approximate surface area is 107 Å². The van der Waals surface area contributed by atoms with Crippen LogP contribution < -0.4 is 10.6 Å². The summed E-state index contributed by atoms with van der Waals surface area (Å²) >= 11 is 1.66. The molecule has 0 aliphatic carbocycles. The summed E-state index contributed by atoms with van der Waals surface area (Å²) < 4.78 is 0. The lowest BCUT2D eigenvalue weighted by molar-refractivity contribution is 0.248. The fourth-order valence-electron chi connectivity index (χ4n) is 1.60. The van der Waals surface area contributed by atoms with E-state index in [-0.39, 0.29) is 12.1 Å². The third kappa shape index (κ3) is 5.13. The van der Waals surface area contributed by atoms with Gasteiger partial charge in [-0.3, -0.25) is 0 Å². The molecule has 0 saturated heterocycles. The van der Waals surface area contributed by atoms with Gasteiger partial charge in [-0.2, -0.15) is 0 Å². The molecule has 1 aromatic rings. The van der Waals surface area contributed by atoms with Crippen molar-refractivity contribution in [2.75, 3.05) is 11.6 Å². The number of nitrogens with one attached hydrogen (secondary N) is 2. The van der Waals surface area contributed by atoms with Gasteiger partial charge in [0.2, 0.25) is 0 Å². The second-order valence-electron chi connectivity index (χ2n) is 4.02. The third-order valence-corrected chi connectivity index (χ3v) is 3.15. The molecule has 1 aromatic carbocycles. The summed E-state index contributed by atoms with van der Waals surface area (Å²) in [5.41, 5.74) is 0.832. The number of benzene rings is 1. The molecule has 2 amide bonds. The number of amides is 2. The van der Waals surface area contributed by atoms with Crippen LogP contribution in [-0.2, 0) is 0 Å². The molecule has 0 aliphatic rings. The smallest absolute Gasteiger partial charge is 0.319 e. The van der Waals surface area contributed by atoms with E-state index < -0.39 is 0 Å². The molecule has 1 rings (SSSR count). The zero-order chi connectivity index (χ0) is 12.7. The largest absolute Gasteiger partial charge is 0.335 e. The Morgan fingerprint density at radius 2 is 2.24 bits per heavy atom. The van der Waals surface area contributed by atoms with E-state index >= 15 is 0 Å². The highest BCUT2D eigenvalue weighted by atomic mass is 32.2. The third-order valence-electron chi connectivity index (χ3n) is 2.43. The minimum absolute atomic E-state index is 0.135. The predicted molar refractivity (Wildman–Crippen MR) is 74.7 cm³/mol. The Hall–Kier alpha value is -1.16. The zero-order valence-corrected chi connectivity index (χ0v) is 11.4. The molecule has 94 valence electrons. The molecule has 1 unspecified atom stereocenters. The average molecular weight is 252 g/mol. The molecule has 0 aliphatic heterocycles. The minimum Gasteiger partial charge on any atom is -0.335 e. The number of urea groups is 1. The van der Waals surface area contributed by atoms with Gasteiger partial charge >= 0.3 is 6.03 Å². The number of hydrogen-bond acceptors (Lipinski definition) is 2. The van der Waals surface area contributed by atoms with Crippen LogP contribution in [0.4, 0.5) is 10.5 Å². The summed E-state index contributed by atoms with van der Waals surface area (Å²) in [4.78, 5) is 12.8. The molecule has 0 spiro atoms. The van der Waals surface area contributed by atoms with Crippen molar-refractivity contribution in [2.45, 2.75) is 37.6 Å². The van der Waals surface area contributed by atoms with Gasteiger partial charge in [0.25, 0.3) is 0 Å². The molecule has 0 bridgehead atoms. The first-order valence-electron chi connectivity index (χ1n) is 5.87. The molecule has 0 saturated carbocycles. The van der Waals surface area contributed by atoms with E-state index in [1.54, 1.807) is 11.8 Å². The quantitative estimate of drug-likeness (QED) is 0.784. The van der Waals surface area contributed by atoms with Crippen LogP contribution in [-0.4, -0.2) is 18.3 Å². The number of carbonyl (C=O) groups excluding carboxylic acids is 1. The summed E-state index contributed by atoms with van der Waals surface area (Å²) in [5.74, 6) is 0. The predicted octanol–water partition coefficient (Wildman–Crippen LogP) is 3.72. The Morgan fingerprint density at radius 1 is 1.47 bits per heavy atom. The van der Waals surface area contributed by atoms with Crippen molar-refractivity contribution in [2.24, 2.45) is 0 Å². The topological polar surface area (TPSA) is 41.1 Å². The maximum atomic E-state index is 11.7. The van der Waals surface area contributed by atoms with Crippen LogP contribution in [0.1, 0.15) is 26.7 Å². The van der Waals surface area contributed by atoms with Crippen molar-refractivity contribution in [3.8, 4) is 0 Å². The van der Waals surface area contributed by atoms with Crippen LogP contribution in [0.5, 0.6) is 0 Å². The van der Waals surface area contributed by atoms with E-state index in [1.807, 2.05) is 37.4 Å². The van der Waals surface area contributed by atoms with Gasteiger partial charge in [0.15, 0.2) is 0 Å². The van der Waals surface area contributed by atoms with Crippen LogP contribution in [0, 0.1) is 0 Å². The summed E-state index contributed by atoms with van der Waals surface area (Å²) in [6.45, 7) is 4.12. The fourth-order valence-corrected chi connectivity index (χ4v) is 2.06. The SMILES string of the molecule is CCCC(C)NC(=O)Nc1cccc(SC)c1. The van der Waals surface area contributed by atoms with Gasteiger partial charge in [-0.05, 0) is 37.8 Å². The number of carbonyl (C=O) groups is 1. The molecule has 0 radical (unpaired) electrons. The van der Waals surface area contributed by atoms with Crippen LogP contribution in [0.3, 0.4) is 0 Å². The van der Waals surface area contributed by atoms with E-state index in [0.717, 1.165) is 23.4 Å². The molecule has 0 heterocycles. The molecule has 1 atom stereocenters. The van der Waals surface area contributed by atoms with Gasteiger partial charge in [-0.1, -0.05) is 19.4 Å². The first-order chi connectivity index (χ1) is 8.15. The van der Waals surface area contributed by atoms with E-state index in [0.29, 0.717) is 0 Å². The molecular weight excluding hydrogens is 232 g/mol. The van der Waals surface area contributed by atoms with Gasteiger partial charge in [0, 0.05) is 16.6 Å². The lowest BCUT2D eigenvalue weighted by Gasteiger charge is -2.13. The fraction of sp³-hybridized carbons (Fsp3) is 0.462. The first-order valence-corrected chi connectivity index (χ1v) is 7.09. The van der Waals surface area contributed by atoms with Gasteiger partial charge in [-0.25, -0.2) is 4.79 Å². The van der Waals surface area contributed by atoms with Crippen LogP contribution in [0.2, 0.25) is 0 Å². The van der Waals surface area contributed by atoms with Gasteiger partial charge < -0.3 is 10.6 Å².